The summed E-state index contributed by atoms with van der Waals surface area (Å²) in [6, 6.07) is 8.79. The summed E-state index contributed by atoms with van der Waals surface area (Å²) in [6.07, 6.45) is 1.20. The Balaban J connectivity index is 1.97. The van der Waals surface area contributed by atoms with Crippen molar-refractivity contribution in [3.63, 3.8) is 0 Å². The second kappa shape index (κ2) is 5.05. The molecule has 1 N–H and O–H groups in total. The van der Waals surface area contributed by atoms with Crippen LogP contribution in [0.5, 0.6) is 5.75 Å². The highest BCUT2D eigenvalue weighted by molar-refractivity contribution is 9.10. The molecule has 0 unspecified atom stereocenters. The van der Waals surface area contributed by atoms with Gasteiger partial charge in [0.2, 0.25) is 0 Å². The number of hydrogen-bond acceptors (Lipinski definition) is 3. The molecule has 0 saturated heterocycles. The van der Waals surface area contributed by atoms with Crippen molar-refractivity contribution >= 4 is 21.9 Å². The van der Waals surface area contributed by atoms with Gasteiger partial charge in [0.1, 0.15) is 24.4 Å². The first-order valence-corrected chi connectivity index (χ1v) is 5.63. The third-order valence-electron chi connectivity index (χ3n) is 2.10. The molecule has 2 rings (SSSR count). The molecule has 17 heavy (non-hydrogen) atoms. The number of carbonyl (C=O) groups is 1. The van der Waals surface area contributed by atoms with Crippen LogP contribution in [0.25, 0.3) is 0 Å². The summed E-state index contributed by atoms with van der Waals surface area (Å²) in [5.74, 6) is 0.162. The largest absolute Gasteiger partial charge is 0.486 e. The van der Waals surface area contributed by atoms with E-state index in [9.17, 15) is 4.79 Å². The average molecular weight is 297 g/mol. The minimum Gasteiger partial charge on any atom is -0.486 e. The molecule has 0 amide bonds. The number of carboxylic acids is 1. The lowest BCUT2D eigenvalue weighted by molar-refractivity contribution is 0.0696. The Kier molecular flexibility index (Phi) is 3.49. The summed E-state index contributed by atoms with van der Waals surface area (Å²) >= 11 is 3.32. The van der Waals surface area contributed by atoms with Gasteiger partial charge < -0.3 is 14.3 Å². The highest BCUT2D eigenvalue weighted by Gasteiger charge is 2.08. The quantitative estimate of drug-likeness (QED) is 0.940. The number of benzene rings is 1. The fraction of sp³-hybridized carbons (Fsp3) is 0.0833. The Labute approximate surface area is 106 Å². The van der Waals surface area contributed by atoms with Gasteiger partial charge >= 0.3 is 5.97 Å². The standard InChI is InChI=1S/C12H9BrO4/c13-9-1-3-10(4-2-9)17-7-11-5-8(6-16-11)12(14)15/h1-6H,7H2,(H,14,15). The smallest absolute Gasteiger partial charge is 0.338 e. The Morgan fingerprint density at radius 2 is 2.06 bits per heavy atom. The molecule has 88 valence electrons. The maximum absolute atomic E-state index is 10.6. The molecule has 1 heterocycles. The normalized spacial score (nSPS) is 10.2. The van der Waals surface area contributed by atoms with Crippen LogP contribution < -0.4 is 4.74 Å². The van der Waals surface area contributed by atoms with Crippen LogP contribution in [-0.4, -0.2) is 11.1 Å². The first-order chi connectivity index (χ1) is 8.15. The lowest BCUT2D eigenvalue weighted by Gasteiger charge is -2.03. The Morgan fingerprint density at radius 3 is 2.65 bits per heavy atom. The predicted octanol–water partition coefficient (Wildman–Crippen LogP) is 3.32. The molecule has 0 atom stereocenters. The van der Waals surface area contributed by atoms with Gasteiger partial charge in [0.25, 0.3) is 0 Å². The van der Waals surface area contributed by atoms with Gasteiger partial charge in [-0.15, -0.1) is 0 Å². The number of ether oxygens (including phenoxy) is 1. The summed E-state index contributed by atoms with van der Waals surface area (Å²) in [4.78, 5) is 10.6. The maximum atomic E-state index is 10.6. The van der Waals surface area contributed by atoms with Crippen LogP contribution >= 0.6 is 15.9 Å². The van der Waals surface area contributed by atoms with Crippen LogP contribution in [0.4, 0.5) is 0 Å². The van der Waals surface area contributed by atoms with E-state index in [1.807, 2.05) is 24.3 Å². The van der Waals surface area contributed by atoms with E-state index in [2.05, 4.69) is 15.9 Å². The molecule has 4 nitrogen and oxygen atoms in total. The van der Waals surface area contributed by atoms with Crippen molar-refractivity contribution in [2.45, 2.75) is 6.61 Å². The highest BCUT2D eigenvalue weighted by atomic mass is 79.9. The second-order valence-corrected chi connectivity index (χ2v) is 4.27. The van der Waals surface area contributed by atoms with Gasteiger partial charge in [-0.05, 0) is 30.3 Å². The van der Waals surface area contributed by atoms with Crippen LogP contribution in [-0.2, 0) is 6.61 Å². The Bertz CT molecular complexity index is 516. The first kappa shape index (κ1) is 11.7. The molecule has 0 spiro atoms. The van der Waals surface area contributed by atoms with E-state index in [1.165, 1.54) is 12.3 Å². The highest BCUT2D eigenvalue weighted by Crippen LogP contribution is 2.18. The van der Waals surface area contributed by atoms with Gasteiger partial charge in [0.15, 0.2) is 0 Å². The topological polar surface area (TPSA) is 59.7 Å². The van der Waals surface area contributed by atoms with Crippen LogP contribution in [0.1, 0.15) is 16.1 Å². The van der Waals surface area contributed by atoms with Crippen molar-refractivity contribution in [2.75, 3.05) is 0 Å². The van der Waals surface area contributed by atoms with E-state index < -0.39 is 5.97 Å². The zero-order chi connectivity index (χ0) is 12.3. The van der Waals surface area contributed by atoms with E-state index in [-0.39, 0.29) is 12.2 Å². The summed E-state index contributed by atoms with van der Waals surface area (Å²) in [5.41, 5.74) is 0.124. The number of halogens is 1. The predicted molar refractivity (Wildman–Crippen MR) is 64.1 cm³/mol. The van der Waals surface area contributed by atoms with Crippen LogP contribution in [0, 0.1) is 0 Å². The molecule has 0 fully saturated rings. The second-order valence-electron chi connectivity index (χ2n) is 3.35. The van der Waals surface area contributed by atoms with E-state index in [1.54, 1.807) is 0 Å². The van der Waals surface area contributed by atoms with Crippen molar-refractivity contribution in [1.82, 2.24) is 0 Å². The molecule has 2 aromatic rings. The fourth-order valence-corrected chi connectivity index (χ4v) is 1.52. The molecule has 1 aromatic carbocycles. The summed E-state index contributed by atoms with van der Waals surface area (Å²) < 4.78 is 11.5. The molecule has 0 bridgehead atoms. The molecule has 0 radical (unpaired) electrons. The maximum Gasteiger partial charge on any atom is 0.338 e. The van der Waals surface area contributed by atoms with Crippen LogP contribution in [0.3, 0.4) is 0 Å². The van der Waals surface area contributed by atoms with E-state index in [0.29, 0.717) is 11.5 Å². The van der Waals surface area contributed by atoms with Gasteiger partial charge in [-0.3, -0.25) is 0 Å². The Morgan fingerprint density at radius 1 is 1.35 bits per heavy atom. The van der Waals surface area contributed by atoms with E-state index in [0.717, 1.165) is 4.47 Å². The van der Waals surface area contributed by atoms with Gasteiger partial charge in [-0.25, -0.2) is 4.79 Å². The van der Waals surface area contributed by atoms with Crippen LogP contribution in [0.15, 0.2) is 45.5 Å². The molecular formula is C12H9BrO4. The number of hydrogen-bond donors (Lipinski definition) is 1. The lowest BCUT2D eigenvalue weighted by atomic mass is 10.3. The Hall–Kier alpha value is -1.75. The van der Waals surface area contributed by atoms with E-state index >= 15 is 0 Å². The molecule has 1 aromatic heterocycles. The minimum absolute atomic E-state index is 0.124. The number of carboxylic acid groups (broad SMARTS) is 1. The third-order valence-corrected chi connectivity index (χ3v) is 2.62. The molecular weight excluding hydrogens is 288 g/mol. The minimum atomic E-state index is -1.01. The van der Waals surface area contributed by atoms with E-state index in [4.69, 9.17) is 14.3 Å². The summed E-state index contributed by atoms with van der Waals surface area (Å²) in [7, 11) is 0. The number of aromatic carboxylic acids is 1. The van der Waals surface area contributed by atoms with Gasteiger partial charge in [0, 0.05) is 4.47 Å². The zero-order valence-electron chi connectivity index (χ0n) is 8.72. The lowest BCUT2D eigenvalue weighted by Crippen LogP contribution is -1.95. The van der Waals surface area contributed by atoms with Crippen molar-refractivity contribution in [2.24, 2.45) is 0 Å². The SMILES string of the molecule is O=C(O)c1coc(COc2ccc(Br)cc2)c1. The van der Waals surface area contributed by atoms with Crippen molar-refractivity contribution < 1.29 is 19.1 Å². The molecule has 0 saturated carbocycles. The number of furan rings is 1. The van der Waals surface area contributed by atoms with Gasteiger partial charge in [-0.1, -0.05) is 15.9 Å². The zero-order valence-corrected chi connectivity index (χ0v) is 10.3. The third kappa shape index (κ3) is 3.10. The number of rotatable bonds is 4. The molecule has 0 aliphatic rings. The molecule has 0 aliphatic heterocycles. The summed E-state index contributed by atoms with van der Waals surface area (Å²) in [5, 5.41) is 8.71. The van der Waals surface area contributed by atoms with Crippen molar-refractivity contribution in [3.8, 4) is 5.75 Å². The van der Waals surface area contributed by atoms with Crippen molar-refractivity contribution in [3.05, 3.63) is 52.4 Å². The average Bonchev–Trinajstić information content (AvgIpc) is 2.77. The summed E-state index contributed by atoms with van der Waals surface area (Å²) in [6.45, 7) is 0.203. The van der Waals surface area contributed by atoms with Crippen molar-refractivity contribution in [1.29, 1.82) is 0 Å². The fourth-order valence-electron chi connectivity index (χ4n) is 1.25. The van der Waals surface area contributed by atoms with Gasteiger partial charge in [-0.2, -0.15) is 0 Å². The monoisotopic (exact) mass is 296 g/mol. The molecule has 0 aliphatic carbocycles. The van der Waals surface area contributed by atoms with Crippen LogP contribution in [0.2, 0.25) is 0 Å². The van der Waals surface area contributed by atoms with Gasteiger partial charge in [0.05, 0.1) is 5.56 Å². The first-order valence-electron chi connectivity index (χ1n) is 4.84. The molecule has 5 heteroatoms.